The van der Waals surface area contributed by atoms with Gasteiger partial charge in [-0.05, 0) is 30.2 Å². The number of hydrogen-bond acceptors (Lipinski definition) is 4. The fourth-order valence-corrected chi connectivity index (χ4v) is 1.31. The summed E-state index contributed by atoms with van der Waals surface area (Å²) in [4.78, 5) is 11.5. The van der Waals surface area contributed by atoms with Crippen molar-refractivity contribution in [3.63, 3.8) is 0 Å². The first kappa shape index (κ1) is 13.8. The first-order valence-electron chi connectivity index (χ1n) is 5.64. The number of carbonyl (C=O) groups excluding carboxylic acids is 1. The molecule has 0 fully saturated rings. The maximum Gasteiger partial charge on any atom is 0.348 e. The normalized spacial score (nSPS) is 10.6. The van der Waals surface area contributed by atoms with Crippen molar-refractivity contribution in [1.82, 2.24) is 0 Å². The molecule has 1 rings (SSSR count). The van der Waals surface area contributed by atoms with Gasteiger partial charge < -0.3 is 9.47 Å². The van der Waals surface area contributed by atoms with Crippen molar-refractivity contribution in [1.29, 1.82) is 5.26 Å². The van der Waals surface area contributed by atoms with E-state index in [-0.39, 0.29) is 5.57 Å². The molecule has 18 heavy (non-hydrogen) atoms. The molecule has 0 N–H and O–H groups in total. The minimum Gasteiger partial charge on any atom is -0.497 e. The minimum absolute atomic E-state index is 0.0169. The molecule has 0 bridgehead atoms. The van der Waals surface area contributed by atoms with Gasteiger partial charge in [0, 0.05) is 0 Å². The molecule has 4 nitrogen and oxygen atoms in total. The molecule has 4 heteroatoms. The molecular formula is C14H15NO3. The molecule has 0 aliphatic rings. The quantitative estimate of drug-likeness (QED) is 0.454. The molecule has 0 saturated heterocycles. The predicted molar refractivity (Wildman–Crippen MR) is 67.8 cm³/mol. The Morgan fingerprint density at radius 3 is 2.89 bits per heavy atom. The lowest BCUT2D eigenvalue weighted by Gasteiger charge is -2.03. The van der Waals surface area contributed by atoms with E-state index in [0.29, 0.717) is 12.4 Å². The van der Waals surface area contributed by atoms with Gasteiger partial charge in [0.05, 0.1) is 13.7 Å². The van der Waals surface area contributed by atoms with Crippen molar-refractivity contribution in [3.8, 4) is 11.8 Å². The summed E-state index contributed by atoms with van der Waals surface area (Å²) in [5.41, 5.74) is 0.705. The molecule has 1 aromatic rings. The SMILES string of the molecule is CCCOC(=O)C(C#N)=Cc1cccc(OC)c1. The lowest BCUT2D eigenvalue weighted by Crippen LogP contribution is -2.07. The fourth-order valence-electron chi connectivity index (χ4n) is 1.31. The predicted octanol–water partition coefficient (Wildman–Crippen LogP) is 2.56. The molecule has 0 unspecified atom stereocenters. The number of benzene rings is 1. The zero-order chi connectivity index (χ0) is 13.4. The van der Waals surface area contributed by atoms with Crippen molar-refractivity contribution in [2.45, 2.75) is 13.3 Å². The molecule has 0 spiro atoms. The van der Waals surface area contributed by atoms with Crippen LogP contribution in [0.5, 0.6) is 5.75 Å². The molecule has 0 amide bonds. The Morgan fingerprint density at radius 1 is 1.50 bits per heavy atom. The van der Waals surface area contributed by atoms with Crippen molar-refractivity contribution in [3.05, 3.63) is 35.4 Å². The lowest BCUT2D eigenvalue weighted by molar-refractivity contribution is -0.138. The Balaban J connectivity index is 2.90. The second-order valence-corrected chi connectivity index (χ2v) is 3.58. The number of carbonyl (C=O) groups is 1. The standard InChI is InChI=1S/C14H15NO3/c1-3-7-18-14(16)12(10-15)8-11-5-4-6-13(9-11)17-2/h4-6,8-9H,3,7H2,1-2H3. The number of ether oxygens (including phenoxy) is 2. The average Bonchev–Trinajstić information content (AvgIpc) is 2.42. The van der Waals surface area contributed by atoms with E-state index >= 15 is 0 Å². The number of hydrogen-bond donors (Lipinski definition) is 0. The number of nitrogens with zero attached hydrogens (tertiary/aromatic N) is 1. The molecule has 1 aromatic carbocycles. The van der Waals surface area contributed by atoms with Gasteiger partial charge in [-0.1, -0.05) is 19.1 Å². The van der Waals surface area contributed by atoms with Crippen molar-refractivity contribution >= 4 is 12.0 Å². The van der Waals surface area contributed by atoms with Gasteiger partial charge in [0.2, 0.25) is 0 Å². The Labute approximate surface area is 106 Å². The first-order valence-corrected chi connectivity index (χ1v) is 5.64. The Morgan fingerprint density at radius 2 is 2.28 bits per heavy atom. The Kier molecular flexibility index (Phi) is 5.46. The van der Waals surface area contributed by atoms with Gasteiger partial charge in [-0.15, -0.1) is 0 Å². The largest absolute Gasteiger partial charge is 0.497 e. The summed E-state index contributed by atoms with van der Waals surface area (Å²) >= 11 is 0. The van der Waals surface area contributed by atoms with Gasteiger partial charge in [0.1, 0.15) is 17.4 Å². The van der Waals surface area contributed by atoms with E-state index in [2.05, 4.69) is 0 Å². The van der Waals surface area contributed by atoms with Gasteiger partial charge in [0.25, 0.3) is 0 Å². The molecule has 0 aliphatic carbocycles. The summed E-state index contributed by atoms with van der Waals surface area (Å²) < 4.78 is 9.98. The van der Waals surface area contributed by atoms with Gasteiger partial charge in [0.15, 0.2) is 0 Å². The van der Waals surface area contributed by atoms with Crippen LogP contribution in [-0.4, -0.2) is 19.7 Å². The molecule has 0 aliphatic heterocycles. The highest BCUT2D eigenvalue weighted by Gasteiger charge is 2.10. The number of rotatable bonds is 5. The topological polar surface area (TPSA) is 59.3 Å². The Bertz CT molecular complexity index is 486. The van der Waals surface area contributed by atoms with Crippen LogP contribution in [0.2, 0.25) is 0 Å². The van der Waals surface area contributed by atoms with Gasteiger partial charge in [-0.3, -0.25) is 0 Å². The highest BCUT2D eigenvalue weighted by molar-refractivity contribution is 5.97. The van der Waals surface area contributed by atoms with Crippen LogP contribution in [0.15, 0.2) is 29.8 Å². The zero-order valence-corrected chi connectivity index (χ0v) is 10.5. The summed E-state index contributed by atoms with van der Waals surface area (Å²) in [6, 6.07) is 8.95. The summed E-state index contributed by atoms with van der Waals surface area (Å²) in [5, 5.41) is 8.93. The first-order chi connectivity index (χ1) is 8.71. The number of nitriles is 1. The van der Waals surface area contributed by atoms with E-state index in [1.807, 2.05) is 13.0 Å². The monoisotopic (exact) mass is 245 g/mol. The molecule has 94 valence electrons. The summed E-state index contributed by atoms with van der Waals surface area (Å²) in [5.74, 6) is 0.0742. The molecule has 0 heterocycles. The molecule has 0 saturated carbocycles. The second-order valence-electron chi connectivity index (χ2n) is 3.58. The third-order valence-electron chi connectivity index (χ3n) is 2.18. The van der Waals surface area contributed by atoms with Crippen LogP contribution < -0.4 is 4.74 Å². The number of methoxy groups -OCH3 is 1. The third kappa shape index (κ3) is 3.95. The van der Waals surface area contributed by atoms with E-state index in [9.17, 15) is 4.79 Å². The van der Waals surface area contributed by atoms with Crippen LogP contribution in [0.3, 0.4) is 0 Å². The summed E-state index contributed by atoms with van der Waals surface area (Å²) in [7, 11) is 1.56. The van der Waals surface area contributed by atoms with E-state index in [1.54, 1.807) is 31.4 Å². The molecular weight excluding hydrogens is 230 g/mol. The third-order valence-corrected chi connectivity index (χ3v) is 2.18. The highest BCUT2D eigenvalue weighted by atomic mass is 16.5. The van der Waals surface area contributed by atoms with Crippen LogP contribution >= 0.6 is 0 Å². The maximum atomic E-state index is 11.5. The smallest absolute Gasteiger partial charge is 0.348 e. The summed E-state index contributed by atoms with van der Waals surface area (Å²) in [6.45, 7) is 2.21. The van der Waals surface area contributed by atoms with E-state index in [1.165, 1.54) is 6.08 Å². The maximum absolute atomic E-state index is 11.5. The van der Waals surface area contributed by atoms with E-state index in [0.717, 1.165) is 12.0 Å². The lowest BCUT2D eigenvalue weighted by atomic mass is 10.1. The number of esters is 1. The highest BCUT2D eigenvalue weighted by Crippen LogP contribution is 2.15. The fraction of sp³-hybridized carbons (Fsp3) is 0.286. The van der Waals surface area contributed by atoms with Crippen molar-refractivity contribution in [2.75, 3.05) is 13.7 Å². The van der Waals surface area contributed by atoms with Crippen molar-refractivity contribution < 1.29 is 14.3 Å². The van der Waals surface area contributed by atoms with Crippen LogP contribution in [-0.2, 0) is 9.53 Å². The van der Waals surface area contributed by atoms with Crippen LogP contribution in [0.1, 0.15) is 18.9 Å². The molecule has 0 radical (unpaired) electrons. The minimum atomic E-state index is -0.595. The Hall–Kier alpha value is -2.28. The molecule has 0 aromatic heterocycles. The van der Waals surface area contributed by atoms with Crippen LogP contribution in [0, 0.1) is 11.3 Å². The zero-order valence-electron chi connectivity index (χ0n) is 10.5. The van der Waals surface area contributed by atoms with Gasteiger partial charge in [-0.2, -0.15) is 5.26 Å². The second kappa shape index (κ2) is 7.13. The van der Waals surface area contributed by atoms with Gasteiger partial charge >= 0.3 is 5.97 Å². The van der Waals surface area contributed by atoms with E-state index < -0.39 is 5.97 Å². The van der Waals surface area contributed by atoms with Crippen LogP contribution in [0.25, 0.3) is 6.08 Å². The molecule has 0 atom stereocenters. The summed E-state index contributed by atoms with van der Waals surface area (Å²) in [6.07, 6.45) is 2.21. The van der Waals surface area contributed by atoms with Crippen LogP contribution in [0.4, 0.5) is 0 Å². The van der Waals surface area contributed by atoms with Gasteiger partial charge in [-0.25, -0.2) is 4.79 Å². The average molecular weight is 245 g/mol. The van der Waals surface area contributed by atoms with Crippen molar-refractivity contribution in [2.24, 2.45) is 0 Å². The van der Waals surface area contributed by atoms with E-state index in [4.69, 9.17) is 14.7 Å².